The quantitative estimate of drug-likeness (QED) is 0.525. The van der Waals surface area contributed by atoms with E-state index >= 15 is 0 Å². The van der Waals surface area contributed by atoms with Gasteiger partial charge in [-0.3, -0.25) is 9.69 Å². The smallest absolute Gasteiger partial charge is 0.239 e. The van der Waals surface area contributed by atoms with E-state index in [1.54, 1.807) is 30.4 Å². The molecule has 0 radical (unpaired) electrons. The summed E-state index contributed by atoms with van der Waals surface area (Å²) in [6.07, 6.45) is 1.58. The molecule has 2 aromatic carbocycles. The van der Waals surface area contributed by atoms with Gasteiger partial charge < -0.3 is 4.74 Å². The maximum absolute atomic E-state index is 13.0. The zero-order valence-corrected chi connectivity index (χ0v) is 16.3. The molecule has 1 saturated heterocycles. The summed E-state index contributed by atoms with van der Waals surface area (Å²) in [5.41, 5.74) is 1.60. The Morgan fingerprint density at radius 3 is 2.81 bits per heavy atom. The van der Waals surface area contributed by atoms with Crippen molar-refractivity contribution in [3.8, 4) is 5.75 Å². The Morgan fingerprint density at radius 1 is 1.31 bits per heavy atom. The zero-order valence-electron chi connectivity index (χ0n) is 13.9. The van der Waals surface area contributed by atoms with Crippen molar-refractivity contribution in [3.63, 3.8) is 0 Å². The summed E-state index contributed by atoms with van der Waals surface area (Å²) >= 11 is 4.73. The first-order chi connectivity index (χ1) is 12.6. The van der Waals surface area contributed by atoms with Gasteiger partial charge in [-0.05, 0) is 35.9 Å². The van der Waals surface area contributed by atoms with Crippen molar-refractivity contribution < 1.29 is 13.9 Å². The van der Waals surface area contributed by atoms with Gasteiger partial charge in [0.2, 0.25) is 5.91 Å². The number of rotatable bonds is 5. The third-order valence-corrected chi connectivity index (χ3v) is 5.09. The first-order valence-electron chi connectivity index (χ1n) is 7.69. The highest BCUT2D eigenvalue weighted by Gasteiger charge is 2.28. The molecule has 0 aliphatic carbocycles. The number of methoxy groups -OCH3 is 1. The van der Waals surface area contributed by atoms with Gasteiger partial charge in [0.05, 0.1) is 25.6 Å². The Balaban J connectivity index is 1.77. The van der Waals surface area contributed by atoms with E-state index in [1.807, 2.05) is 18.2 Å². The highest BCUT2D eigenvalue weighted by atomic mass is 79.9. The van der Waals surface area contributed by atoms with E-state index in [-0.39, 0.29) is 11.7 Å². The second-order valence-electron chi connectivity index (χ2n) is 5.41. The van der Waals surface area contributed by atoms with E-state index in [0.717, 1.165) is 15.6 Å². The number of ether oxygens (including phenoxy) is 1. The number of benzene rings is 2. The van der Waals surface area contributed by atoms with Crippen molar-refractivity contribution in [2.75, 3.05) is 12.9 Å². The fourth-order valence-corrected chi connectivity index (χ4v) is 3.56. The topological polar surface area (TPSA) is 54.3 Å². The Kier molecular flexibility index (Phi) is 6.05. The molecule has 1 aliphatic rings. The number of hydrogen-bond donors (Lipinski definition) is 0. The number of nitrogens with zero attached hydrogens (tertiary/aromatic N) is 3. The summed E-state index contributed by atoms with van der Waals surface area (Å²) in [6, 6.07) is 11.6. The van der Waals surface area contributed by atoms with E-state index in [0.29, 0.717) is 23.2 Å². The maximum atomic E-state index is 13.0. The van der Waals surface area contributed by atoms with Crippen LogP contribution in [0.25, 0.3) is 0 Å². The second kappa shape index (κ2) is 8.46. The van der Waals surface area contributed by atoms with Gasteiger partial charge in [0, 0.05) is 10.0 Å². The highest BCUT2D eigenvalue weighted by molar-refractivity contribution is 9.10. The number of amidine groups is 1. The van der Waals surface area contributed by atoms with Gasteiger partial charge in [-0.2, -0.15) is 5.10 Å². The summed E-state index contributed by atoms with van der Waals surface area (Å²) in [5, 5.41) is 8.80. The average Bonchev–Trinajstić information content (AvgIpc) is 2.97. The van der Waals surface area contributed by atoms with Crippen molar-refractivity contribution in [3.05, 3.63) is 63.9 Å². The fourth-order valence-electron chi connectivity index (χ4n) is 2.35. The summed E-state index contributed by atoms with van der Waals surface area (Å²) in [7, 11) is 1.59. The predicted molar refractivity (Wildman–Crippen MR) is 105 cm³/mol. The van der Waals surface area contributed by atoms with Crippen LogP contribution >= 0.6 is 27.7 Å². The first kappa shape index (κ1) is 18.6. The lowest BCUT2D eigenvalue weighted by molar-refractivity contribution is -0.124. The van der Waals surface area contributed by atoms with E-state index in [4.69, 9.17) is 4.74 Å². The number of hydrogen-bond acceptors (Lipinski definition) is 5. The molecule has 1 aliphatic heterocycles. The van der Waals surface area contributed by atoms with Gasteiger partial charge in [-0.1, -0.05) is 39.8 Å². The van der Waals surface area contributed by atoms with Gasteiger partial charge in [0.15, 0.2) is 5.17 Å². The number of thioether (sulfide) groups is 1. The number of carbonyl (C=O) groups is 1. The molecular formula is C18H15BrFN3O2S. The Morgan fingerprint density at radius 2 is 2.08 bits per heavy atom. The van der Waals surface area contributed by atoms with Crippen LogP contribution in [0.3, 0.4) is 0 Å². The monoisotopic (exact) mass is 435 g/mol. The molecule has 1 fully saturated rings. The van der Waals surface area contributed by atoms with Crippen LogP contribution in [-0.2, 0) is 11.3 Å². The number of halogens is 2. The van der Waals surface area contributed by atoms with Gasteiger partial charge in [-0.15, -0.1) is 5.10 Å². The van der Waals surface area contributed by atoms with Crippen LogP contribution in [0.15, 0.2) is 57.1 Å². The van der Waals surface area contributed by atoms with Gasteiger partial charge in [-0.25, -0.2) is 4.39 Å². The summed E-state index contributed by atoms with van der Waals surface area (Å²) in [6.45, 7) is 0.334. The van der Waals surface area contributed by atoms with Crippen LogP contribution in [0, 0.1) is 5.82 Å². The minimum Gasteiger partial charge on any atom is -0.496 e. The molecule has 134 valence electrons. The third-order valence-electron chi connectivity index (χ3n) is 3.64. The molecule has 3 rings (SSSR count). The average molecular weight is 436 g/mol. The van der Waals surface area contributed by atoms with Crippen molar-refractivity contribution >= 4 is 45.0 Å². The van der Waals surface area contributed by atoms with E-state index in [2.05, 4.69) is 26.1 Å². The highest BCUT2D eigenvalue weighted by Crippen LogP contribution is 2.23. The van der Waals surface area contributed by atoms with Crippen molar-refractivity contribution in [1.82, 2.24) is 4.90 Å². The molecule has 0 bridgehead atoms. The summed E-state index contributed by atoms with van der Waals surface area (Å²) in [4.78, 5) is 13.7. The number of carbonyl (C=O) groups excluding carboxylic acids is 1. The molecule has 5 nitrogen and oxygen atoms in total. The minimum absolute atomic E-state index is 0.0479. The number of amides is 1. The molecule has 0 aromatic heterocycles. The lowest BCUT2D eigenvalue weighted by Crippen LogP contribution is -2.28. The molecule has 26 heavy (non-hydrogen) atoms. The molecule has 0 atom stereocenters. The van der Waals surface area contributed by atoms with Gasteiger partial charge in [0.25, 0.3) is 0 Å². The minimum atomic E-state index is -0.308. The zero-order chi connectivity index (χ0) is 18.5. The SMILES string of the molecule is COc1ccc(Br)cc1/C=N/N=C1/SCC(=O)N1Cc1ccc(F)cc1. The second-order valence-corrected chi connectivity index (χ2v) is 7.27. The lowest BCUT2D eigenvalue weighted by Gasteiger charge is -2.15. The molecule has 0 spiro atoms. The van der Waals surface area contributed by atoms with Crippen LogP contribution in [-0.4, -0.2) is 35.1 Å². The largest absolute Gasteiger partial charge is 0.496 e. The maximum Gasteiger partial charge on any atom is 0.239 e. The molecule has 0 N–H and O–H groups in total. The predicted octanol–water partition coefficient (Wildman–Crippen LogP) is 4.06. The third kappa shape index (κ3) is 4.50. The van der Waals surface area contributed by atoms with Crippen LogP contribution in [0.1, 0.15) is 11.1 Å². The lowest BCUT2D eigenvalue weighted by atomic mass is 10.2. The molecule has 1 heterocycles. The van der Waals surface area contributed by atoms with Crippen LogP contribution in [0.5, 0.6) is 5.75 Å². The normalized spacial score (nSPS) is 16.0. The first-order valence-corrected chi connectivity index (χ1v) is 9.47. The van der Waals surface area contributed by atoms with Crippen molar-refractivity contribution in [2.24, 2.45) is 10.2 Å². The Labute approximate surface area is 163 Å². The van der Waals surface area contributed by atoms with Gasteiger partial charge >= 0.3 is 0 Å². The van der Waals surface area contributed by atoms with Crippen LogP contribution < -0.4 is 4.74 Å². The van der Waals surface area contributed by atoms with E-state index in [1.165, 1.54) is 23.9 Å². The molecule has 0 saturated carbocycles. The molecule has 8 heteroatoms. The molecule has 0 unspecified atom stereocenters. The Bertz CT molecular complexity index is 871. The Hall–Kier alpha value is -2.19. The van der Waals surface area contributed by atoms with Gasteiger partial charge in [0.1, 0.15) is 11.6 Å². The molecular weight excluding hydrogens is 421 g/mol. The van der Waals surface area contributed by atoms with E-state index < -0.39 is 0 Å². The summed E-state index contributed by atoms with van der Waals surface area (Å²) < 4.78 is 19.2. The van der Waals surface area contributed by atoms with Crippen molar-refractivity contribution in [2.45, 2.75) is 6.54 Å². The summed E-state index contributed by atoms with van der Waals surface area (Å²) in [5.74, 6) is 0.636. The fraction of sp³-hybridized carbons (Fsp3) is 0.167. The molecule has 1 amide bonds. The van der Waals surface area contributed by atoms with Crippen LogP contribution in [0.2, 0.25) is 0 Å². The standard InChI is InChI=1S/C18H15BrFN3O2S/c1-25-16-7-4-14(19)8-13(16)9-21-22-18-23(17(24)11-26-18)10-12-2-5-15(20)6-3-12/h2-9H,10-11H2,1H3/b21-9+,22-18+. The van der Waals surface area contributed by atoms with Crippen LogP contribution in [0.4, 0.5) is 4.39 Å². The van der Waals surface area contributed by atoms with Crippen molar-refractivity contribution in [1.29, 1.82) is 0 Å². The molecule has 2 aromatic rings. The van der Waals surface area contributed by atoms with E-state index in [9.17, 15) is 9.18 Å².